The number of anilines is 1. The molecule has 2 aromatic carbocycles. The zero-order valence-electron chi connectivity index (χ0n) is 18.1. The SMILES string of the molecule is CCOC(=O)c1c(-c2ccccc2)csc1NC(=O)COC(=O)c1cc([N+](=O)[O-])cc([N+](=O)[O-])c1. The lowest BCUT2D eigenvalue weighted by Gasteiger charge is -2.09. The van der Waals surface area contributed by atoms with E-state index in [1.807, 2.05) is 6.07 Å². The maximum Gasteiger partial charge on any atom is 0.341 e. The third-order valence-electron chi connectivity index (χ3n) is 4.50. The zero-order chi connectivity index (χ0) is 25.5. The number of hydrogen-bond acceptors (Lipinski definition) is 10. The fraction of sp³-hybridized carbons (Fsp3) is 0.136. The number of rotatable bonds is 9. The molecule has 0 saturated heterocycles. The van der Waals surface area contributed by atoms with Gasteiger partial charge in [-0.1, -0.05) is 30.3 Å². The molecule has 0 aliphatic heterocycles. The van der Waals surface area contributed by atoms with E-state index in [0.717, 1.165) is 29.0 Å². The van der Waals surface area contributed by atoms with Crippen LogP contribution in [0.2, 0.25) is 0 Å². The van der Waals surface area contributed by atoms with Crippen LogP contribution in [0, 0.1) is 20.2 Å². The largest absolute Gasteiger partial charge is 0.462 e. The first-order chi connectivity index (χ1) is 16.7. The molecule has 1 heterocycles. The first-order valence-corrected chi connectivity index (χ1v) is 10.8. The average molecular weight is 499 g/mol. The molecule has 3 aromatic rings. The summed E-state index contributed by atoms with van der Waals surface area (Å²) in [5, 5.41) is 26.3. The number of nitrogens with one attached hydrogen (secondary N) is 1. The lowest BCUT2D eigenvalue weighted by molar-refractivity contribution is -0.394. The molecule has 0 bridgehead atoms. The molecule has 0 aliphatic rings. The van der Waals surface area contributed by atoms with Crippen LogP contribution in [0.3, 0.4) is 0 Å². The van der Waals surface area contributed by atoms with Gasteiger partial charge in [-0.2, -0.15) is 0 Å². The Bertz CT molecular complexity index is 1270. The summed E-state index contributed by atoms with van der Waals surface area (Å²) in [6.07, 6.45) is 0. The van der Waals surface area contributed by atoms with Crippen molar-refractivity contribution in [3.63, 3.8) is 0 Å². The molecule has 0 saturated carbocycles. The van der Waals surface area contributed by atoms with Crippen LogP contribution in [0.1, 0.15) is 27.6 Å². The smallest absolute Gasteiger partial charge is 0.341 e. The van der Waals surface area contributed by atoms with Crippen molar-refractivity contribution in [2.75, 3.05) is 18.5 Å². The first kappa shape index (κ1) is 25.0. The van der Waals surface area contributed by atoms with E-state index in [1.54, 1.807) is 36.6 Å². The summed E-state index contributed by atoms with van der Waals surface area (Å²) >= 11 is 1.07. The quantitative estimate of drug-likeness (QED) is 0.257. The van der Waals surface area contributed by atoms with Gasteiger partial charge in [-0.05, 0) is 12.5 Å². The van der Waals surface area contributed by atoms with Gasteiger partial charge in [0.2, 0.25) is 0 Å². The molecule has 0 spiro atoms. The monoisotopic (exact) mass is 499 g/mol. The van der Waals surface area contributed by atoms with Gasteiger partial charge in [0.05, 0.1) is 28.1 Å². The number of non-ortho nitro benzene ring substituents is 2. The molecule has 0 aliphatic carbocycles. The van der Waals surface area contributed by atoms with E-state index >= 15 is 0 Å². The Balaban J connectivity index is 1.76. The van der Waals surface area contributed by atoms with Gasteiger partial charge in [-0.15, -0.1) is 11.3 Å². The van der Waals surface area contributed by atoms with E-state index in [0.29, 0.717) is 11.6 Å². The molecule has 13 heteroatoms. The molecule has 0 unspecified atom stereocenters. The van der Waals surface area contributed by atoms with Crippen molar-refractivity contribution in [3.8, 4) is 11.1 Å². The van der Waals surface area contributed by atoms with Crippen LogP contribution in [0.4, 0.5) is 16.4 Å². The first-order valence-electron chi connectivity index (χ1n) is 9.96. The molecule has 1 aromatic heterocycles. The number of carbonyl (C=O) groups excluding carboxylic acids is 3. The summed E-state index contributed by atoms with van der Waals surface area (Å²) in [6, 6.07) is 11.3. The number of nitrogens with zero attached hydrogens (tertiary/aromatic N) is 2. The molecular weight excluding hydrogens is 482 g/mol. The predicted molar refractivity (Wildman–Crippen MR) is 124 cm³/mol. The number of carbonyl (C=O) groups is 3. The molecule has 1 N–H and O–H groups in total. The summed E-state index contributed by atoms with van der Waals surface area (Å²) in [5.74, 6) is -2.62. The van der Waals surface area contributed by atoms with E-state index in [9.17, 15) is 34.6 Å². The average Bonchev–Trinajstić information content (AvgIpc) is 3.26. The topological polar surface area (TPSA) is 168 Å². The number of hydrogen-bond donors (Lipinski definition) is 1. The lowest BCUT2D eigenvalue weighted by atomic mass is 10.0. The van der Waals surface area contributed by atoms with Gasteiger partial charge in [-0.25, -0.2) is 9.59 Å². The predicted octanol–water partition coefficient (Wildman–Crippen LogP) is 4.20. The third kappa shape index (κ3) is 6.03. The lowest BCUT2D eigenvalue weighted by Crippen LogP contribution is -2.22. The van der Waals surface area contributed by atoms with Crippen molar-refractivity contribution in [1.82, 2.24) is 0 Å². The Kier molecular flexibility index (Phi) is 7.84. The van der Waals surface area contributed by atoms with Crippen molar-refractivity contribution >= 4 is 45.6 Å². The van der Waals surface area contributed by atoms with Crippen LogP contribution < -0.4 is 5.32 Å². The normalized spacial score (nSPS) is 10.3. The van der Waals surface area contributed by atoms with Crippen LogP contribution >= 0.6 is 11.3 Å². The van der Waals surface area contributed by atoms with Crippen LogP contribution in [0.25, 0.3) is 11.1 Å². The molecule has 1 amide bonds. The Morgan fingerprint density at radius 1 is 0.943 bits per heavy atom. The highest BCUT2D eigenvalue weighted by molar-refractivity contribution is 7.15. The Hall–Kier alpha value is -4.65. The maximum atomic E-state index is 12.6. The summed E-state index contributed by atoms with van der Waals surface area (Å²) in [7, 11) is 0. The molecule has 35 heavy (non-hydrogen) atoms. The van der Waals surface area contributed by atoms with Crippen molar-refractivity contribution in [1.29, 1.82) is 0 Å². The highest BCUT2D eigenvalue weighted by atomic mass is 32.1. The molecule has 12 nitrogen and oxygen atoms in total. The Morgan fingerprint density at radius 2 is 1.57 bits per heavy atom. The van der Waals surface area contributed by atoms with Crippen LogP contribution in [-0.4, -0.2) is 40.9 Å². The Labute approximate surface area is 201 Å². The summed E-state index contributed by atoms with van der Waals surface area (Å²) in [6.45, 7) is 0.946. The van der Waals surface area contributed by atoms with Crippen LogP contribution in [0.5, 0.6) is 0 Å². The minimum atomic E-state index is -1.17. The minimum absolute atomic E-state index is 0.114. The van der Waals surface area contributed by atoms with E-state index in [1.165, 1.54) is 0 Å². The zero-order valence-corrected chi connectivity index (χ0v) is 18.9. The summed E-state index contributed by atoms with van der Waals surface area (Å²) in [4.78, 5) is 57.5. The second-order valence-electron chi connectivity index (χ2n) is 6.82. The number of esters is 2. The number of nitro groups is 2. The van der Waals surface area contributed by atoms with E-state index in [2.05, 4.69) is 5.32 Å². The molecule has 180 valence electrons. The molecule has 0 atom stereocenters. The Morgan fingerprint density at radius 3 is 2.14 bits per heavy atom. The number of amides is 1. The van der Waals surface area contributed by atoms with Crippen molar-refractivity contribution in [3.05, 3.63) is 85.3 Å². The third-order valence-corrected chi connectivity index (χ3v) is 5.40. The van der Waals surface area contributed by atoms with Gasteiger partial charge < -0.3 is 14.8 Å². The molecule has 0 fully saturated rings. The maximum absolute atomic E-state index is 12.6. The van der Waals surface area contributed by atoms with Gasteiger partial charge in [-0.3, -0.25) is 25.0 Å². The second kappa shape index (κ2) is 11.0. The highest BCUT2D eigenvalue weighted by Crippen LogP contribution is 2.36. The van der Waals surface area contributed by atoms with Gasteiger partial charge in [0, 0.05) is 23.1 Å². The fourth-order valence-corrected chi connectivity index (χ4v) is 3.96. The standard InChI is InChI=1S/C22H17N3O9S/c1-2-33-22(28)19-17(13-6-4-3-5-7-13)12-35-20(19)23-18(26)11-34-21(27)14-8-15(24(29)30)10-16(9-14)25(31)32/h3-10,12H,2,11H2,1H3,(H,23,26). The van der Waals surface area contributed by atoms with Crippen molar-refractivity contribution in [2.45, 2.75) is 6.92 Å². The van der Waals surface area contributed by atoms with E-state index in [4.69, 9.17) is 9.47 Å². The minimum Gasteiger partial charge on any atom is -0.462 e. The second-order valence-corrected chi connectivity index (χ2v) is 7.70. The number of benzene rings is 2. The van der Waals surface area contributed by atoms with E-state index in [-0.39, 0.29) is 17.2 Å². The van der Waals surface area contributed by atoms with Crippen molar-refractivity contribution in [2.24, 2.45) is 0 Å². The highest BCUT2D eigenvalue weighted by Gasteiger charge is 2.24. The van der Waals surface area contributed by atoms with Crippen LogP contribution in [0.15, 0.2) is 53.9 Å². The van der Waals surface area contributed by atoms with Gasteiger partial charge in [0.25, 0.3) is 17.3 Å². The van der Waals surface area contributed by atoms with E-state index < -0.39 is 51.2 Å². The summed E-state index contributed by atoms with van der Waals surface area (Å²) < 4.78 is 9.97. The van der Waals surface area contributed by atoms with Gasteiger partial charge in [0.15, 0.2) is 6.61 Å². The van der Waals surface area contributed by atoms with Crippen molar-refractivity contribution < 1.29 is 33.7 Å². The fourth-order valence-electron chi connectivity index (χ4n) is 2.99. The summed E-state index contributed by atoms with van der Waals surface area (Å²) in [5.41, 5.74) is -0.412. The number of ether oxygens (including phenoxy) is 2. The molecular formula is C22H17N3O9S. The molecule has 3 rings (SSSR count). The van der Waals surface area contributed by atoms with Crippen LogP contribution in [-0.2, 0) is 14.3 Å². The number of nitro benzene ring substituents is 2. The van der Waals surface area contributed by atoms with Gasteiger partial charge in [0.1, 0.15) is 10.6 Å². The van der Waals surface area contributed by atoms with Gasteiger partial charge >= 0.3 is 11.9 Å². The number of thiophene rings is 1. The molecule has 0 radical (unpaired) electrons.